The predicted octanol–water partition coefficient (Wildman–Crippen LogP) is 3.09. The fourth-order valence-electron chi connectivity index (χ4n) is 4.27. The highest BCUT2D eigenvalue weighted by molar-refractivity contribution is 6.34. The smallest absolute Gasteiger partial charge is 0.279 e. The van der Waals surface area contributed by atoms with Crippen LogP contribution in [0.5, 0.6) is 11.5 Å². The third-order valence-electron chi connectivity index (χ3n) is 5.54. The molecule has 2 aromatic rings. The van der Waals surface area contributed by atoms with Crippen molar-refractivity contribution < 1.29 is 19.2 Å². The summed E-state index contributed by atoms with van der Waals surface area (Å²) in [5, 5.41) is 3.61. The largest absolute Gasteiger partial charge is 0.486 e. The summed E-state index contributed by atoms with van der Waals surface area (Å²) >= 11 is 6.34. The number of likely N-dealkylation sites (tertiary alicyclic amines) is 1. The molecule has 0 radical (unpaired) electrons. The van der Waals surface area contributed by atoms with Gasteiger partial charge in [0.05, 0.1) is 17.3 Å². The summed E-state index contributed by atoms with van der Waals surface area (Å²) in [6.45, 7) is 6.53. The molecule has 0 bridgehead atoms. The number of amides is 1. The summed E-state index contributed by atoms with van der Waals surface area (Å²) in [6, 6.07) is 10.4. The second kappa shape index (κ2) is 8.02. The minimum absolute atomic E-state index is 0.00621. The molecule has 0 spiro atoms. The van der Waals surface area contributed by atoms with Gasteiger partial charge in [0.2, 0.25) is 0 Å². The second-order valence-corrected chi connectivity index (χ2v) is 8.08. The van der Waals surface area contributed by atoms with Crippen molar-refractivity contribution in [2.75, 3.05) is 31.6 Å². The molecule has 6 heteroatoms. The Balaban J connectivity index is 1.46. The normalized spacial score (nSPS) is 20.8. The molecule has 1 saturated heterocycles. The number of quaternary nitrogens is 1. The number of halogens is 1. The molecule has 0 aliphatic carbocycles. The van der Waals surface area contributed by atoms with Gasteiger partial charge >= 0.3 is 0 Å². The van der Waals surface area contributed by atoms with Crippen LogP contribution in [-0.2, 0) is 4.79 Å². The number of anilines is 1. The van der Waals surface area contributed by atoms with E-state index in [0.717, 1.165) is 42.0 Å². The maximum Gasteiger partial charge on any atom is 0.279 e. The van der Waals surface area contributed by atoms with Crippen molar-refractivity contribution in [1.82, 2.24) is 0 Å². The first-order valence-electron chi connectivity index (χ1n) is 9.82. The number of nitrogens with one attached hydrogen (secondary N) is 2. The Kier molecular flexibility index (Phi) is 5.47. The molecule has 2 atom stereocenters. The second-order valence-electron chi connectivity index (χ2n) is 7.67. The quantitative estimate of drug-likeness (QED) is 0.827. The summed E-state index contributed by atoms with van der Waals surface area (Å²) in [7, 11) is 0. The Morgan fingerprint density at radius 3 is 2.75 bits per heavy atom. The van der Waals surface area contributed by atoms with Gasteiger partial charge in [-0.3, -0.25) is 4.79 Å². The Labute approximate surface area is 170 Å². The molecule has 2 N–H and O–H groups in total. The summed E-state index contributed by atoms with van der Waals surface area (Å²) in [4.78, 5) is 14.0. The topological polar surface area (TPSA) is 52.0 Å². The number of hydrogen-bond donors (Lipinski definition) is 2. The number of carbonyl (C=O) groups is 1. The maximum atomic E-state index is 12.7. The van der Waals surface area contributed by atoms with E-state index in [2.05, 4.69) is 17.4 Å². The molecule has 1 fully saturated rings. The Morgan fingerprint density at radius 2 is 1.96 bits per heavy atom. The van der Waals surface area contributed by atoms with Crippen LogP contribution in [0.15, 0.2) is 30.3 Å². The highest BCUT2D eigenvalue weighted by Gasteiger charge is 2.32. The average Bonchev–Trinajstić information content (AvgIpc) is 3.12. The number of fused-ring (bicyclic) bond motifs is 1. The van der Waals surface area contributed by atoms with Gasteiger partial charge in [0.15, 0.2) is 18.0 Å². The van der Waals surface area contributed by atoms with Crippen molar-refractivity contribution in [3.05, 3.63) is 52.0 Å². The van der Waals surface area contributed by atoms with Gasteiger partial charge in [-0.25, -0.2) is 0 Å². The van der Waals surface area contributed by atoms with Crippen LogP contribution in [0.1, 0.15) is 35.6 Å². The van der Waals surface area contributed by atoms with E-state index in [0.29, 0.717) is 30.5 Å². The molecular formula is C22H26ClN2O3+. The molecule has 28 heavy (non-hydrogen) atoms. The lowest BCUT2D eigenvalue weighted by Gasteiger charge is -2.24. The van der Waals surface area contributed by atoms with Gasteiger partial charge in [-0.05, 0) is 49.2 Å². The molecule has 2 aliphatic heterocycles. The number of aryl methyl sites for hydroxylation is 2. The van der Waals surface area contributed by atoms with Gasteiger partial charge in [0, 0.05) is 18.4 Å². The third-order valence-corrected chi connectivity index (χ3v) is 5.83. The van der Waals surface area contributed by atoms with E-state index in [1.807, 2.05) is 32.0 Å². The average molecular weight is 402 g/mol. The molecule has 0 aromatic heterocycles. The van der Waals surface area contributed by atoms with Gasteiger partial charge in [-0.1, -0.05) is 17.7 Å². The van der Waals surface area contributed by atoms with Crippen LogP contribution in [0.3, 0.4) is 0 Å². The molecule has 2 aliphatic rings. The van der Waals surface area contributed by atoms with Crippen LogP contribution in [0.25, 0.3) is 0 Å². The lowest BCUT2D eigenvalue weighted by Crippen LogP contribution is -3.11. The van der Waals surface area contributed by atoms with Crippen molar-refractivity contribution in [1.29, 1.82) is 0 Å². The molecule has 148 valence electrons. The van der Waals surface area contributed by atoms with Crippen molar-refractivity contribution in [2.45, 2.75) is 32.7 Å². The highest BCUT2D eigenvalue weighted by Crippen LogP contribution is 2.33. The number of rotatable bonds is 4. The molecular weight excluding hydrogens is 376 g/mol. The zero-order chi connectivity index (χ0) is 19.7. The Hall–Kier alpha value is -2.24. The van der Waals surface area contributed by atoms with Crippen molar-refractivity contribution in [3.63, 3.8) is 0 Å². The van der Waals surface area contributed by atoms with E-state index in [4.69, 9.17) is 21.1 Å². The first-order valence-corrected chi connectivity index (χ1v) is 10.2. The highest BCUT2D eigenvalue weighted by atomic mass is 35.5. The molecule has 4 rings (SSSR count). The Bertz CT molecular complexity index is 876. The lowest BCUT2D eigenvalue weighted by molar-refractivity contribution is -0.910. The number of benzene rings is 2. The van der Waals surface area contributed by atoms with Gasteiger partial charge in [0.25, 0.3) is 5.91 Å². The van der Waals surface area contributed by atoms with Crippen LogP contribution in [0.4, 0.5) is 5.69 Å². The van der Waals surface area contributed by atoms with Crippen molar-refractivity contribution in [3.8, 4) is 11.5 Å². The fourth-order valence-corrected chi connectivity index (χ4v) is 4.63. The molecule has 5 nitrogen and oxygen atoms in total. The zero-order valence-electron chi connectivity index (χ0n) is 16.3. The monoisotopic (exact) mass is 401 g/mol. The van der Waals surface area contributed by atoms with Crippen LogP contribution in [-0.4, -0.2) is 32.2 Å². The summed E-state index contributed by atoms with van der Waals surface area (Å²) in [6.07, 6.45) is 2.17. The van der Waals surface area contributed by atoms with E-state index in [1.165, 1.54) is 10.5 Å². The third kappa shape index (κ3) is 3.96. The van der Waals surface area contributed by atoms with Crippen LogP contribution < -0.4 is 19.7 Å². The molecule has 0 saturated carbocycles. The Morgan fingerprint density at radius 1 is 1.18 bits per heavy atom. The zero-order valence-corrected chi connectivity index (χ0v) is 17.1. The SMILES string of the molecule is Cc1cc(C)c(NC(=O)C[NH+]2CCC[C@@H]2c2ccc3c(c2)OCCO3)c(Cl)c1. The number of ether oxygens (including phenoxy) is 2. The minimum atomic E-state index is -0.00621. The predicted molar refractivity (Wildman–Crippen MR) is 110 cm³/mol. The first-order chi connectivity index (χ1) is 13.5. The van der Waals surface area contributed by atoms with Crippen LogP contribution in [0, 0.1) is 13.8 Å². The molecule has 1 amide bonds. The van der Waals surface area contributed by atoms with E-state index >= 15 is 0 Å². The summed E-state index contributed by atoms with van der Waals surface area (Å²) in [5.74, 6) is 1.60. The van der Waals surface area contributed by atoms with Gasteiger partial charge in [0.1, 0.15) is 19.3 Å². The molecule has 2 aromatic carbocycles. The van der Waals surface area contributed by atoms with Crippen molar-refractivity contribution >= 4 is 23.2 Å². The minimum Gasteiger partial charge on any atom is -0.486 e. The van der Waals surface area contributed by atoms with Crippen LogP contribution >= 0.6 is 11.6 Å². The van der Waals surface area contributed by atoms with Crippen molar-refractivity contribution in [2.24, 2.45) is 0 Å². The van der Waals surface area contributed by atoms with Gasteiger partial charge < -0.3 is 19.7 Å². The van der Waals surface area contributed by atoms with E-state index in [-0.39, 0.29) is 11.9 Å². The first kappa shape index (κ1) is 19.1. The summed E-state index contributed by atoms with van der Waals surface area (Å²) in [5.41, 5.74) is 3.99. The van der Waals surface area contributed by atoms with Gasteiger partial charge in [-0.15, -0.1) is 0 Å². The number of carbonyl (C=O) groups excluding carboxylic acids is 1. The van der Waals surface area contributed by atoms with Crippen LogP contribution in [0.2, 0.25) is 5.02 Å². The molecule has 2 heterocycles. The van der Waals surface area contributed by atoms with E-state index in [1.54, 1.807) is 0 Å². The summed E-state index contributed by atoms with van der Waals surface area (Å²) < 4.78 is 11.3. The van der Waals surface area contributed by atoms with E-state index < -0.39 is 0 Å². The standard InChI is InChI=1S/C22H25ClN2O3/c1-14-10-15(2)22(17(23)11-14)24-21(26)13-25-7-3-4-18(25)16-5-6-19-20(12-16)28-9-8-27-19/h5-6,10-12,18H,3-4,7-9,13H2,1-2H3,(H,24,26)/p+1/t18-/m1/s1. The molecule has 1 unspecified atom stereocenters. The lowest BCUT2D eigenvalue weighted by atomic mass is 10.0. The number of hydrogen-bond acceptors (Lipinski definition) is 3. The van der Waals surface area contributed by atoms with E-state index in [9.17, 15) is 4.79 Å². The fraction of sp³-hybridized carbons (Fsp3) is 0.409. The van der Waals surface area contributed by atoms with Gasteiger partial charge in [-0.2, -0.15) is 0 Å². The maximum absolute atomic E-state index is 12.7.